The van der Waals surface area contributed by atoms with Gasteiger partial charge in [0, 0.05) is 0 Å². The van der Waals surface area contributed by atoms with Crippen molar-refractivity contribution in [1.82, 2.24) is 0 Å². The summed E-state index contributed by atoms with van der Waals surface area (Å²) in [5, 5.41) is 0. The normalized spacial score (nSPS) is 30.5. The summed E-state index contributed by atoms with van der Waals surface area (Å²) in [4.78, 5) is 0. The van der Waals surface area contributed by atoms with Crippen LogP contribution in [0.25, 0.3) is 0 Å². The molecule has 11 heavy (non-hydrogen) atoms. The largest absolute Gasteiger partial charge is 0.392 e. The van der Waals surface area contributed by atoms with Gasteiger partial charge in [-0.25, -0.2) is 0 Å². The van der Waals surface area contributed by atoms with Crippen molar-refractivity contribution < 1.29 is 13.2 Å². The van der Waals surface area contributed by atoms with Crippen molar-refractivity contribution >= 4 is 12.4 Å². The average molecular weight is 190 g/mol. The topological polar surface area (TPSA) is 26.0 Å². The molecule has 0 aromatic carbocycles. The van der Waals surface area contributed by atoms with Crippen molar-refractivity contribution in [2.45, 2.75) is 19.0 Å². The Bertz CT molecular complexity index is 123. The van der Waals surface area contributed by atoms with Gasteiger partial charge in [0.05, 0.1) is 5.92 Å². The molecule has 0 saturated heterocycles. The van der Waals surface area contributed by atoms with Gasteiger partial charge in [0.2, 0.25) is 0 Å². The van der Waals surface area contributed by atoms with E-state index >= 15 is 0 Å². The summed E-state index contributed by atoms with van der Waals surface area (Å²) in [5.41, 5.74) is 5.12. The number of nitrogens with two attached hydrogens (primary N) is 1. The predicted molar refractivity (Wildman–Crippen MR) is 38.6 cm³/mol. The monoisotopic (exact) mass is 189 g/mol. The van der Waals surface area contributed by atoms with Gasteiger partial charge in [-0.2, -0.15) is 13.2 Å². The lowest BCUT2D eigenvalue weighted by molar-refractivity contribution is -0.211. The number of hydrogen-bond acceptors (Lipinski definition) is 1. The van der Waals surface area contributed by atoms with Crippen LogP contribution in [0, 0.1) is 11.8 Å². The molecule has 0 aromatic heterocycles. The molecule has 1 rings (SSSR count). The highest BCUT2D eigenvalue weighted by Crippen LogP contribution is 2.44. The Morgan fingerprint density at radius 3 is 1.91 bits per heavy atom. The van der Waals surface area contributed by atoms with Gasteiger partial charge in [0.1, 0.15) is 0 Å². The van der Waals surface area contributed by atoms with E-state index in [9.17, 15) is 13.2 Å². The van der Waals surface area contributed by atoms with Gasteiger partial charge in [0.25, 0.3) is 0 Å². The standard InChI is InChI=1S/C6H10F3N.ClH/c7-6(8,9)5-2-1-4(5)3-10;/h4-5H,1-3,10H2;1H. The Morgan fingerprint density at radius 2 is 1.82 bits per heavy atom. The summed E-state index contributed by atoms with van der Waals surface area (Å²) in [6.07, 6.45) is -3.10. The lowest BCUT2D eigenvalue weighted by Gasteiger charge is -2.36. The third kappa shape index (κ3) is 2.24. The summed E-state index contributed by atoms with van der Waals surface area (Å²) in [6, 6.07) is 0. The lowest BCUT2D eigenvalue weighted by Crippen LogP contribution is -2.41. The summed E-state index contributed by atoms with van der Waals surface area (Å²) < 4.78 is 35.6. The van der Waals surface area contributed by atoms with Gasteiger partial charge in [0.15, 0.2) is 0 Å². The first-order valence-electron chi connectivity index (χ1n) is 3.32. The third-order valence-electron chi connectivity index (χ3n) is 2.14. The number of hydrogen-bond donors (Lipinski definition) is 1. The highest BCUT2D eigenvalue weighted by Gasteiger charge is 2.48. The van der Waals surface area contributed by atoms with Gasteiger partial charge in [-0.05, 0) is 25.3 Å². The number of halogens is 4. The highest BCUT2D eigenvalue weighted by molar-refractivity contribution is 5.85. The van der Waals surface area contributed by atoms with E-state index in [4.69, 9.17) is 5.73 Å². The number of alkyl halides is 3. The zero-order valence-corrected chi connectivity index (χ0v) is 6.71. The zero-order valence-electron chi connectivity index (χ0n) is 5.90. The van der Waals surface area contributed by atoms with Crippen molar-refractivity contribution in [2.75, 3.05) is 6.54 Å². The molecule has 0 aromatic rings. The van der Waals surface area contributed by atoms with Crippen LogP contribution in [0.1, 0.15) is 12.8 Å². The van der Waals surface area contributed by atoms with E-state index in [0.717, 1.165) is 0 Å². The third-order valence-corrected chi connectivity index (χ3v) is 2.14. The van der Waals surface area contributed by atoms with Gasteiger partial charge >= 0.3 is 6.18 Å². The van der Waals surface area contributed by atoms with E-state index in [0.29, 0.717) is 6.42 Å². The Hall–Kier alpha value is 0.0400. The van der Waals surface area contributed by atoms with Crippen LogP contribution in [-0.2, 0) is 0 Å². The molecule has 68 valence electrons. The van der Waals surface area contributed by atoms with Crippen LogP contribution in [0.4, 0.5) is 13.2 Å². The van der Waals surface area contributed by atoms with Gasteiger partial charge in [-0.15, -0.1) is 12.4 Å². The minimum Gasteiger partial charge on any atom is -0.330 e. The maximum absolute atomic E-state index is 11.9. The van der Waals surface area contributed by atoms with Gasteiger partial charge in [-0.1, -0.05) is 0 Å². The minimum absolute atomic E-state index is 0. The SMILES string of the molecule is Cl.NCC1CCC1C(F)(F)F. The Balaban J connectivity index is 0.000001000. The molecule has 1 aliphatic rings. The van der Waals surface area contributed by atoms with Gasteiger partial charge in [-0.3, -0.25) is 0 Å². The summed E-state index contributed by atoms with van der Waals surface area (Å²) in [5.74, 6) is -1.42. The summed E-state index contributed by atoms with van der Waals surface area (Å²) >= 11 is 0. The van der Waals surface area contributed by atoms with E-state index in [2.05, 4.69) is 0 Å². The molecule has 1 nitrogen and oxygen atoms in total. The quantitative estimate of drug-likeness (QED) is 0.671. The maximum Gasteiger partial charge on any atom is 0.392 e. The van der Waals surface area contributed by atoms with Crippen LogP contribution < -0.4 is 5.73 Å². The smallest absolute Gasteiger partial charge is 0.330 e. The molecular weight excluding hydrogens is 179 g/mol. The van der Waals surface area contributed by atoms with Crippen molar-refractivity contribution in [3.63, 3.8) is 0 Å². The van der Waals surface area contributed by atoms with Crippen molar-refractivity contribution in [1.29, 1.82) is 0 Å². The summed E-state index contributed by atoms with van der Waals surface area (Å²) in [6.45, 7) is 0.171. The first-order valence-corrected chi connectivity index (χ1v) is 3.32. The molecule has 0 heterocycles. The Labute approximate surface area is 69.5 Å². The van der Waals surface area contributed by atoms with Crippen LogP contribution in [-0.4, -0.2) is 12.7 Å². The molecule has 5 heteroatoms. The molecule has 1 aliphatic carbocycles. The van der Waals surface area contributed by atoms with Crippen LogP contribution in [0.5, 0.6) is 0 Å². The molecule has 2 atom stereocenters. The molecule has 0 spiro atoms. The predicted octanol–water partition coefficient (Wildman–Crippen LogP) is 1.96. The molecule has 1 saturated carbocycles. The second-order valence-corrected chi connectivity index (χ2v) is 2.72. The molecule has 1 fully saturated rings. The fraction of sp³-hybridized carbons (Fsp3) is 1.00. The molecular formula is C6H11ClF3N. The van der Waals surface area contributed by atoms with Crippen LogP contribution in [0.3, 0.4) is 0 Å². The Morgan fingerprint density at radius 1 is 1.27 bits per heavy atom. The van der Waals surface area contributed by atoms with Crippen molar-refractivity contribution in [3.8, 4) is 0 Å². The van der Waals surface area contributed by atoms with E-state index in [-0.39, 0.29) is 31.3 Å². The second-order valence-electron chi connectivity index (χ2n) is 2.72. The fourth-order valence-electron chi connectivity index (χ4n) is 1.28. The van der Waals surface area contributed by atoms with E-state index in [1.165, 1.54) is 0 Å². The van der Waals surface area contributed by atoms with Crippen molar-refractivity contribution in [2.24, 2.45) is 17.6 Å². The molecule has 2 unspecified atom stereocenters. The van der Waals surface area contributed by atoms with Crippen molar-refractivity contribution in [3.05, 3.63) is 0 Å². The second kappa shape index (κ2) is 3.63. The van der Waals surface area contributed by atoms with Crippen LogP contribution >= 0.6 is 12.4 Å². The number of rotatable bonds is 1. The van der Waals surface area contributed by atoms with E-state index < -0.39 is 12.1 Å². The molecule has 0 aliphatic heterocycles. The zero-order chi connectivity index (χ0) is 7.78. The summed E-state index contributed by atoms with van der Waals surface area (Å²) in [7, 11) is 0. The first kappa shape index (κ1) is 11.0. The maximum atomic E-state index is 11.9. The first-order chi connectivity index (χ1) is 4.55. The van der Waals surface area contributed by atoms with E-state index in [1.54, 1.807) is 0 Å². The molecule has 2 N–H and O–H groups in total. The molecule has 0 amide bonds. The average Bonchev–Trinajstić information content (AvgIpc) is 1.57. The molecule has 0 radical (unpaired) electrons. The highest BCUT2D eigenvalue weighted by atomic mass is 35.5. The fourth-order valence-corrected chi connectivity index (χ4v) is 1.28. The minimum atomic E-state index is -4.01. The van der Waals surface area contributed by atoms with Crippen LogP contribution in [0.15, 0.2) is 0 Å². The van der Waals surface area contributed by atoms with Crippen LogP contribution in [0.2, 0.25) is 0 Å². The van der Waals surface area contributed by atoms with Gasteiger partial charge < -0.3 is 5.73 Å². The molecule has 0 bridgehead atoms. The van der Waals surface area contributed by atoms with E-state index in [1.807, 2.05) is 0 Å². The lowest BCUT2D eigenvalue weighted by atomic mass is 9.73. The Kier molecular flexibility index (Phi) is 3.64.